The highest BCUT2D eigenvalue weighted by Gasteiger charge is 2.38. The van der Waals surface area contributed by atoms with E-state index < -0.39 is 0 Å². The van der Waals surface area contributed by atoms with E-state index in [4.69, 9.17) is 0 Å². The van der Waals surface area contributed by atoms with E-state index in [2.05, 4.69) is 205 Å². The Balaban J connectivity index is 1.15. The molecule has 2 nitrogen and oxygen atoms in total. The first-order valence-corrected chi connectivity index (χ1v) is 18.6. The van der Waals surface area contributed by atoms with Crippen molar-refractivity contribution < 1.29 is 4.57 Å². The van der Waals surface area contributed by atoms with Gasteiger partial charge in [0.25, 0.3) is 0 Å². The van der Waals surface area contributed by atoms with E-state index in [1.165, 1.54) is 94.3 Å². The Morgan fingerprint density at radius 2 is 1.15 bits per heavy atom. The largest absolute Gasteiger partial charge is 0.309 e. The molecule has 2 aliphatic rings. The van der Waals surface area contributed by atoms with Crippen molar-refractivity contribution in [3.63, 3.8) is 0 Å². The van der Waals surface area contributed by atoms with E-state index in [0.717, 1.165) is 0 Å². The van der Waals surface area contributed by atoms with Gasteiger partial charge in [0, 0.05) is 50.7 Å². The Labute approximate surface area is 309 Å². The lowest BCUT2D eigenvalue weighted by Crippen LogP contribution is -2.38. The molecular formula is C51H37N2+. The number of hydrogen-bond acceptors (Lipinski definition) is 0. The molecule has 0 spiro atoms. The summed E-state index contributed by atoms with van der Waals surface area (Å²) in [5, 5.41) is 2.55. The maximum atomic E-state index is 2.53. The normalized spacial score (nSPS) is 14.9. The van der Waals surface area contributed by atoms with Crippen LogP contribution in [0.25, 0.3) is 72.0 Å². The van der Waals surface area contributed by atoms with Crippen LogP contribution in [0.2, 0.25) is 0 Å². The molecule has 0 saturated heterocycles. The Kier molecular flexibility index (Phi) is 6.40. The number of rotatable bonds is 4. The minimum Gasteiger partial charge on any atom is -0.309 e. The Morgan fingerprint density at radius 3 is 2.02 bits per heavy atom. The summed E-state index contributed by atoms with van der Waals surface area (Å²) in [4.78, 5) is 0. The second kappa shape index (κ2) is 11.2. The van der Waals surface area contributed by atoms with E-state index in [1.807, 2.05) is 0 Å². The van der Waals surface area contributed by atoms with Gasteiger partial charge in [0.05, 0.1) is 11.0 Å². The van der Waals surface area contributed by atoms with Gasteiger partial charge in [0.2, 0.25) is 6.04 Å². The van der Waals surface area contributed by atoms with Crippen LogP contribution >= 0.6 is 0 Å². The van der Waals surface area contributed by atoms with Gasteiger partial charge in [0.15, 0.2) is 12.4 Å². The van der Waals surface area contributed by atoms with Crippen molar-refractivity contribution in [1.29, 1.82) is 0 Å². The highest BCUT2D eigenvalue weighted by Crippen LogP contribution is 2.53. The standard InChI is InChI=1S/C51H37N2/c1-51(2)45-21-10-9-20-42(45)48-46(51)26-25-41-44-32-36(23-27-47(44)53(50(41)48)37-17-13-16-34(30-37)33-14-5-3-6-15-33)35-22-24-40-43(31-35)38-18-7-8-19-39(38)49(40)52-28-11-4-12-29-52/h3-32,49H,1-2H3/q+1. The molecule has 11 rings (SSSR count). The smallest absolute Gasteiger partial charge is 0.210 e. The van der Waals surface area contributed by atoms with E-state index >= 15 is 0 Å². The first kappa shape index (κ1) is 30.1. The molecule has 0 saturated carbocycles. The maximum Gasteiger partial charge on any atom is 0.210 e. The molecule has 2 heterocycles. The van der Waals surface area contributed by atoms with E-state index in [1.54, 1.807) is 0 Å². The van der Waals surface area contributed by atoms with Crippen molar-refractivity contribution in [2.75, 3.05) is 0 Å². The predicted molar refractivity (Wildman–Crippen MR) is 219 cm³/mol. The molecule has 7 aromatic carbocycles. The SMILES string of the molecule is CC1(C)c2ccccc2-c2c1ccc1c3cc(-c4ccc5c(c4)-c4ccccc4C5[n+]4ccccc4)ccc3n(-c3cccc(-c4ccccc4)c3)c21. The lowest BCUT2D eigenvalue weighted by Gasteiger charge is -2.21. The molecule has 0 radical (unpaired) electrons. The van der Waals surface area contributed by atoms with E-state index in [-0.39, 0.29) is 11.5 Å². The third kappa shape index (κ3) is 4.36. The number of hydrogen-bond donors (Lipinski definition) is 0. The van der Waals surface area contributed by atoms with Crippen molar-refractivity contribution in [2.45, 2.75) is 25.3 Å². The van der Waals surface area contributed by atoms with Crippen LogP contribution in [-0.2, 0) is 5.41 Å². The molecule has 1 atom stereocenters. The van der Waals surface area contributed by atoms with E-state index in [9.17, 15) is 0 Å². The molecule has 0 aliphatic heterocycles. The number of fused-ring (bicyclic) bond motifs is 10. The summed E-state index contributed by atoms with van der Waals surface area (Å²) in [6.45, 7) is 4.75. The summed E-state index contributed by atoms with van der Waals surface area (Å²) in [6.07, 6.45) is 4.36. The van der Waals surface area contributed by atoms with Crippen LogP contribution in [0.15, 0.2) is 182 Å². The number of pyridine rings is 1. The number of benzene rings is 7. The lowest BCUT2D eigenvalue weighted by molar-refractivity contribution is -0.704. The average molecular weight is 678 g/mol. The van der Waals surface area contributed by atoms with Gasteiger partial charge in [-0.2, -0.15) is 4.57 Å². The summed E-state index contributed by atoms with van der Waals surface area (Å²) < 4.78 is 4.86. The summed E-state index contributed by atoms with van der Waals surface area (Å²) in [6, 6.07) is 63.1. The van der Waals surface area contributed by atoms with Crippen molar-refractivity contribution in [2.24, 2.45) is 0 Å². The summed E-state index contributed by atoms with van der Waals surface area (Å²) >= 11 is 0. The second-order valence-electron chi connectivity index (χ2n) is 15.2. The lowest BCUT2D eigenvalue weighted by atomic mass is 9.82. The molecule has 9 aromatic rings. The number of aromatic nitrogens is 2. The third-order valence-electron chi connectivity index (χ3n) is 11.9. The highest BCUT2D eigenvalue weighted by molar-refractivity contribution is 6.16. The topological polar surface area (TPSA) is 8.81 Å². The minimum atomic E-state index is -0.0882. The maximum absolute atomic E-state index is 2.53. The predicted octanol–water partition coefficient (Wildman–Crippen LogP) is 12.3. The van der Waals surface area contributed by atoms with Crippen LogP contribution in [0.4, 0.5) is 0 Å². The fourth-order valence-corrected chi connectivity index (χ4v) is 9.46. The zero-order chi connectivity index (χ0) is 35.3. The zero-order valence-corrected chi connectivity index (χ0v) is 29.8. The van der Waals surface area contributed by atoms with Gasteiger partial charge in [-0.25, -0.2) is 0 Å². The molecular weight excluding hydrogens is 641 g/mol. The molecule has 250 valence electrons. The van der Waals surface area contributed by atoms with Crippen LogP contribution in [-0.4, -0.2) is 4.57 Å². The number of nitrogens with zero attached hydrogens (tertiary/aromatic N) is 2. The highest BCUT2D eigenvalue weighted by atomic mass is 15.0. The van der Waals surface area contributed by atoms with Crippen molar-refractivity contribution >= 4 is 21.8 Å². The van der Waals surface area contributed by atoms with Gasteiger partial charge in [-0.3, -0.25) is 0 Å². The first-order valence-electron chi connectivity index (χ1n) is 18.6. The van der Waals surface area contributed by atoms with Gasteiger partial charge < -0.3 is 4.57 Å². The van der Waals surface area contributed by atoms with Gasteiger partial charge in [-0.15, -0.1) is 0 Å². The average Bonchev–Trinajstić information content (AvgIpc) is 3.81. The Hall–Kier alpha value is -6.51. The fourth-order valence-electron chi connectivity index (χ4n) is 9.46. The molecule has 2 aliphatic carbocycles. The van der Waals surface area contributed by atoms with Gasteiger partial charge >= 0.3 is 0 Å². The van der Waals surface area contributed by atoms with Crippen LogP contribution in [0.5, 0.6) is 0 Å². The van der Waals surface area contributed by atoms with Gasteiger partial charge in [-0.1, -0.05) is 141 Å². The molecule has 0 bridgehead atoms. The van der Waals surface area contributed by atoms with Gasteiger partial charge in [-0.05, 0) is 80.4 Å². The Morgan fingerprint density at radius 1 is 0.472 bits per heavy atom. The molecule has 0 amide bonds. The first-order chi connectivity index (χ1) is 26.1. The molecule has 0 N–H and O–H groups in total. The molecule has 2 aromatic heterocycles. The molecule has 53 heavy (non-hydrogen) atoms. The molecule has 0 fully saturated rings. The van der Waals surface area contributed by atoms with Crippen LogP contribution in [0.3, 0.4) is 0 Å². The fraction of sp³-hybridized carbons (Fsp3) is 0.0784. The van der Waals surface area contributed by atoms with Crippen molar-refractivity contribution in [1.82, 2.24) is 4.57 Å². The summed E-state index contributed by atoms with van der Waals surface area (Å²) in [7, 11) is 0. The van der Waals surface area contributed by atoms with Crippen LogP contribution in [0, 0.1) is 0 Å². The van der Waals surface area contributed by atoms with Crippen LogP contribution < -0.4 is 4.57 Å². The monoisotopic (exact) mass is 677 g/mol. The third-order valence-corrected chi connectivity index (χ3v) is 11.9. The minimum absolute atomic E-state index is 0.0882. The van der Waals surface area contributed by atoms with Crippen molar-refractivity contribution in [3.05, 3.63) is 205 Å². The quantitative estimate of drug-likeness (QED) is 0.164. The second-order valence-corrected chi connectivity index (χ2v) is 15.2. The van der Waals surface area contributed by atoms with E-state index in [0.29, 0.717) is 0 Å². The Bertz CT molecular complexity index is 2910. The zero-order valence-electron chi connectivity index (χ0n) is 29.8. The summed E-state index contributed by atoms with van der Waals surface area (Å²) in [5.74, 6) is 0. The molecule has 2 heteroatoms. The van der Waals surface area contributed by atoms with Gasteiger partial charge in [0.1, 0.15) is 0 Å². The molecule has 1 unspecified atom stereocenters. The van der Waals surface area contributed by atoms with Crippen molar-refractivity contribution in [3.8, 4) is 50.2 Å². The van der Waals surface area contributed by atoms with Crippen LogP contribution in [0.1, 0.15) is 42.1 Å². The summed E-state index contributed by atoms with van der Waals surface area (Å²) in [5.41, 5.74) is 19.3.